The van der Waals surface area contributed by atoms with Gasteiger partial charge < -0.3 is 19.7 Å². The van der Waals surface area contributed by atoms with Gasteiger partial charge in [-0.25, -0.2) is 4.39 Å². The average molecular weight is 556 g/mol. The Morgan fingerprint density at radius 3 is 2.78 bits per heavy atom. The van der Waals surface area contributed by atoms with Crippen molar-refractivity contribution in [2.75, 3.05) is 32.0 Å². The summed E-state index contributed by atoms with van der Waals surface area (Å²) < 4.78 is 21.9. The third-order valence-electron chi connectivity index (χ3n) is 6.99. The van der Waals surface area contributed by atoms with Gasteiger partial charge in [-0.15, -0.1) is 41.7 Å². The lowest BCUT2D eigenvalue weighted by atomic mass is 9.92. The minimum atomic E-state index is -1.42. The van der Waals surface area contributed by atoms with Crippen LogP contribution in [0.5, 0.6) is 5.88 Å². The molecular formula is C24H28Cl2FN5O3S. The number of nitrogens with one attached hydrogen (secondary N) is 1. The molecule has 1 saturated heterocycles. The molecule has 1 atom stereocenters. The van der Waals surface area contributed by atoms with Crippen LogP contribution in [-0.2, 0) is 18.7 Å². The zero-order valence-corrected chi connectivity index (χ0v) is 21.9. The Morgan fingerprint density at radius 1 is 1.19 bits per heavy atom. The molecule has 12 heteroatoms. The summed E-state index contributed by atoms with van der Waals surface area (Å²) in [5.74, 6) is 1.09. The molecule has 1 unspecified atom stereocenters. The highest BCUT2D eigenvalue weighted by Crippen LogP contribution is 2.38. The minimum Gasteiger partial charge on any atom is -0.475 e. The summed E-state index contributed by atoms with van der Waals surface area (Å²) in [7, 11) is 0. The van der Waals surface area contributed by atoms with Crippen molar-refractivity contribution in [1.82, 2.24) is 25.0 Å². The predicted molar refractivity (Wildman–Crippen MR) is 141 cm³/mol. The summed E-state index contributed by atoms with van der Waals surface area (Å²) in [5.41, 5.74) is 0.0206. The van der Waals surface area contributed by atoms with Crippen LogP contribution < -0.4 is 15.6 Å². The van der Waals surface area contributed by atoms with E-state index < -0.39 is 11.4 Å². The maximum atomic E-state index is 14.8. The first-order valence-corrected chi connectivity index (χ1v) is 12.6. The first-order valence-electron chi connectivity index (χ1n) is 11.6. The topological polar surface area (TPSA) is 92.5 Å². The highest BCUT2D eigenvalue weighted by molar-refractivity contribution is 7.99. The van der Waals surface area contributed by atoms with Gasteiger partial charge in [0.1, 0.15) is 11.4 Å². The normalized spacial score (nSPS) is 21.4. The Hall–Kier alpha value is -1.95. The number of rotatable bonds is 5. The number of thioether (sulfide) groups is 1. The van der Waals surface area contributed by atoms with Crippen molar-refractivity contribution >= 4 is 47.5 Å². The van der Waals surface area contributed by atoms with Gasteiger partial charge in [0.15, 0.2) is 0 Å². The average Bonchev–Trinajstić information content (AvgIpc) is 3.17. The molecule has 0 aliphatic carbocycles. The minimum absolute atomic E-state index is 0. The summed E-state index contributed by atoms with van der Waals surface area (Å²) in [5, 5.41) is 24.3. The summed E-state index contributed by atoms with van der Waals surface area (Å²) >= 11 is 1.74. The highest BCUT2D eigenvalue weighted by Gasteiger charge is 2.42. The molecule has 1 fully saturated rings. The molecule has 2 N–H and O–H groups in total. The molecule has 194 valence electrons. The van der Waals surface area contributed by atoms with E-state index in [9.17, 15) is 14.3 Å². The van der Waals surface area contributed by atoms with Gasteiger partial charge in [0, 0.05) is 36.5 Å². The molecule has 0 radical (unpaired) electrons. The van der Waals surface area contributed by atoms with Crippen LogP contribution in [-0.4, -0.2) is 62.8 Å². The second kappa shape index (κ2) is 10.8. The zero-order valence-electron chi connectivity index (χ0n) is 19.5. The molecule has 3 aliphatic heterocycles. The van der Waals surface area contributed by atoms with Crippen molar-refractivity contribution in [3.63, 3.8) is 0 Å². The van der Waals surface area contributed by atoms with Gasteiger partial charge in [0.05, 0.1) is 29.3 Å². The monoisotopic (exact) mass is 555 g/mol. The number of aromatic nitrogens is 3. The van der Waals surface area contributed by atoms with Crippen molar-refractivity contribution < 1.29 is 14.2 Å². The molecule has 0 bridgehead atoms. The maximum Gasteiger partial charge on any atom is 0.251 e. The fourth-order valence-electron chi connectivity index (χ4n) is 5.33. The van der Waals surface area contributed by atoms with E-state index in [1.807, 2.05) is 6.07 Å². The summed E-state index contributed by atoms with van der Waals surface area (Å²) in [6.45, 7) is 3.24. The van der Waals surface area contributed by atoms with Gasteiger partial charge in [-0.05, 0) is 55.6 Å². The molecule has 5 heterocycles. The lowest BCUT2D eigenvalue weighted by molar-refractivity contribution is -0.0159. The second-order valence-corrected chi connectivity index (χ2v) is 10.4. The van der Waals surface area contributed by atoms with E-state index in [0.29, 0.717) is 37.1 Å². The maximum absolute atomic E-state index is 14.8. The number of likely N-dealkylation sites (tertiary alicyclic amines) is 1. The molecule has 36 heavy (non-hydrogen) atoms. The number of fused-ring (bicyclic) bond motifs is 1. The first-order chi connectivity index (χ1) is 16.5. The van der Waals surface area contributed by atoms with Crippen LogP contribution in [0.15, 0.2) is 40.0 Å². The SMILES string of the molecule is Cl.Cl.O=c1ccc2ccc(F)c3c2n1CC3(O)CN1CCC(NCc2cc3c(nn2)OCCS3)CC1. The fraction of sp³-hybridized carbons (Fsp3) is 0.458. The van der Waals surface area contributed by atoms with Crippen molar-refractivity contribution in [3.05, 3.63) is 57.8 Å². The zero-order chi connectivity index (χ0) is 23.3. The third-order valence-corrected chi connectivity index (χ3v) is 7.96. The summed E-state index contributed by atoms with van der Waals surface area (Å²) in [6.07, 6.45) is 1.82. The lowest BCUT2D eigenvalue weighted by Gasteiger charge is -2.37. The molecule has 0 saturated carbocycles. The van der Waals surface area contributed by atoms with E-state index in [2.05, 4.69) is 20.4 Å². The Labute approximate surface area is 224 Å². The molecule has 1 aromatic carbocycles. The number of hydrogen-bond acceptors (Lipinski definition) is 8. The molecule has 6 rings (SSSR count). The largest absolute Gasteiger partial charge is 0.475 e. The number of benzene rings is 1. The van der Waals surface area contributed by atoms with Gasteiger partial charge in [-0.1, -0.05) is 0 Å². The third kappa shape index (κ3) is 4.94. The van der Waals surface area contributed by atoms with Gasteiger partial charge >= 0.3 is 0 Å². The number of piperidine rings is 1. The van der Waals surface area contributed by atoms with Crippen LogP contribution in [0.25, 0.3) is 10.9 Å². The van der Waals surface area contributed by atoms with E-state index in [0.717, 1.165) is 47.7 Å². The smallest absolute Gasteiger partial charge is 0.251 e. The van der Waals surface area contributed by atoms with Gasteiger partial charge in [0.2, 0.25) is 5.88 Å². The number of ether oxygens (including phenoxy) is 1. The second-order valence-electron chi connectivity index (χ2n) is 9.28. The van der Waals surface area contributed by atoms with E-state index in [-0.39, 0.29) is 42.5 Å². The van der Waals surface area contributed by atoms with Crippen LogP contribution in [0.2, 0.25) is 0 Å². The Bertz CT molecular complexity index is 1320. The molecule has 0 spiro atoms. The molecule has 0 amide bonds. The van der Waals surface area contributed by atoms with E-state index in [4.69, 9.17) is 4.74 Å². The van der Waals surface area contributed by atoms with E-state index in [1.165, 1.54) is 16.7 Å². The van der Waals surface area contributed by atoms with Gasteiger partial charge in [0.25, 0.3) is 5.56 Å². The molecule has 2 aromatic heterocycles. The number of nitrogens with zero attached hydrogens (tertiary/aromatic N) is 4. The van der Waals surface area contributed by atoms with Crippen molar-refractivity contribution in [2.24, 2.45) is 0 Å². The van der Waals surface area contributed by atoms with Crippen molar-refractivity contribution in [2.45, 2.75) is 42.5 Å². The van der Waals surface area contributed by atoms with Crippen LogP contribution >= 0.6 is 36.6 Å². The number of β-amino-alcohol motifs (C(OH)–C–C–N with tert-alkyl or cyclic N) is 1. The molecule has 3 aromatic rings. The Morgan fingerprint density at radius 2 is 1.97 bits per heavy atom. The van der Waals surface area contributed by atoms with Crippen molar-refractivity contribution in [3.8, 4) is 5.88 Å². The molecular weight excluding hydrogens is 528 g/mol. The fourth-order valence-corrected chi connectivity index (χ4v) is 6.16. The molecule has 3 aliphatic rings. The summed E-state index contributed by atoms with van der Waals surface area (Å²) in [4.78, 5) is 15.6. The number of hydrogen-bond donors (Lipinski definition) is 2. The lowest BCUT2D eigenvalue weighted by Crippen LogP contribution is -2.48. The van der Waals surface area contributed by atoms with Crippen LogP contribution in [0.4, 0.5) is 4.39 Å². The van der Waals surface area contributed by atoms with Gasteiger partial charge in [-0.3, -0.25) is 9.69 Å². The number of aliphatic hydroxyl groups is 1. The van der Waals surface area contributed by atoms with Crippen LogP contribution in [0.3, 0.4) is 0 Å². The quantitative estimate of drug-likeness (QED) is 0.496. The first kappa shape index (κ1) is 27.1. The predicted octanol–water partition coefficient (Wildman–Crippen LogP) is 2.71. The standard InChI is InChI=1S/C24H26FN5O3S.2ClH/c25-18-3-1-15-2-4-20(31)30-14-24(32,21(18)22(15)30)13-29-7-5-16(6-8-29)26-12-17-11-19-23(28-27-17)33-9-10-34-19;;/h1-4,11,16,26,32H,5-10,12-14H2;2*1H. The van der Waals surface area contributed by atoms with E-state index >= 15 is 0 Å². The summed E-state index contributed by atoms with van der Waals surface area (Å²) in [6, 6.07) is 8.58. The van der Waals surface area contributed by atoms with Crippen LogP contribution in [0, 0.1) is 5.82 Å². The van der Waals surface area contributed by atoms with Crippen LogP contribution in [0.1, 0.15) is 24.1 Å². The number of halogens is 3. The van der Waals surface area contributed by atoms with Crippen molar-refractivity contribution in [1.29, 1.82) is 0 Å². The Balaban J connectivity index is 0.00000152. The van der Waals surface area contributed by atoms with Gasteiger partial charge in [-0.2, -0.15) is 5.10 Å². The Kier molecular flexibility index (Phi) is 8.13. The molecule has 8 nitrogen and oxygen atoms in total. The van der Waals surface area contributed by atoms with E-state index in [1.54, 1.807) is 23.9 Å². The number of pyridine rings is 1. The highest BCUT2D eigenvalue weighted by atomic mass is 35.5.